The number of guanidine groups is 1. The first-order chi connectivity index (χ1) is 14.5. The van der Waals surface area contributed by atoms with E-state index in [0.29, 0.717) is 5.69 Å². The Balaban J connectivity index is 2.31. The standard InChI is InChI=1S/C18H23FN6O5S/c1-11-6-7-14(24-31(28,29)10-12-4-2-3-5-13(12)19)17(27)25(11)15(16(20)26)8-9-30-23-18(21)22/h2-7,15,24H,8-10H2,1H3,(H2,20,26)(H4,21,22,23). The van der Waals surface area contributed by atoms with Crippen LogP contribution in [-0.4, -0.2) is 31.5 Å². The maximum atomic E-state index is 13.8. The molecule has 0 fully saturated rings. The number of sulfonamides is 1. The lowest BCUT2D eigenvalue weighted by atomic mass is 10.1. The van der Waals surface area contributed by atoms with E-state index in [0.717, 1.165) is 10.6 Å². The first-order valence-corrected chi connectivity index (χ1v) is 10.6. The summed E-state index contributed by atoms with van der Waals surface area (Å²) in [6.45, 7) is 1.41. The fraction of sp³-hybridized carbons (Fsp3) is 0.278. The van der Waals surface area contributed by atoms with Gasteiger partial charge >= 0.3 is 0 Å². The summed E-state index contributed by atoms with van der Waals surface area (Å²) in [5.74, 6) is -2.54. The maximum absolute atomic E-state index is 13.8. The van der Waals surface area contributed by atoms with Crippen molar-refractivity contribution in [1.29, 1.82) is 0 Å². The number of nitrogens with zero attached hydrogens (tertiary/aromatic N) is 2. The van der Waals surface area contributed by atoms with Gasteiger partial charge < -0.3 is 22.0 Å². The van der Waals surface area contributed by atoms with Gasteiger partial charge in [-0.1, -0.05) is 18.2 Å². The highest BCUT2D eigenvalue weighted by molar-refractivity contribution is 7.91. The van der Waals surface area contributed by atoms with E-state index in [4.69, 9.17) is 22.0 Å². The number of amides is 1. The van der Waals surface area contributed by atoms with Crippen LogP contribution in [0, 0.1) is 12.7 Å². The molecule has 11 nitrogen and oxygen atoms in total. The molecule has 2 aromatic rings. The molecule has 2 rings (SSSR count). The second-order valence-corrected chi connectivity index (χ2v) is 8.29. The SMILES string of the molecule is Cc1ccc(NS(=O)(=O)Cc2ccccc2F)c(=O)n1C(CCON=C(N)N)C(N)=O. The van der Waals surface area contributed by atoms with Crippen molar-refractivity contribution in [2.75, 3.05) is 11.3 Å². The zero-order valence-corrected chi connectivity index (χ0v) is 17.4. The number of hydrogen-bond donors (Lipinski definition) is 4. The summed E-state index contributed by atoms with van der Waals surface area (Å²) in [6.07, 6.45) is -0.0573. The number of primary amides is 1. The number of pyridine rings is 1. The number of carbonyl (C=O) groups is 1. The summed E-state index contributed by atoms with van der Waals surface area (Å²) < 4.78 is 41.9. The van der Waals surface area contributed by atoms with Gasteiger partial charge in [0.2, 0.25) is 21.9 Å². The second kappa shape index (κ2) is 9.93. The molecule has 7 N–H and O–H groups in total. The zero-order valence-electron chi connectivity index (χ0n) is 16.6. The number of nitrogens with two attached hydrogens (primary N) is 3. The average molecular weight is 454 g/mol. The minimum absolute atomic E-state index is 0.0573. The molecule has 0 aliphatic heterocycles. The topological polar surface area (TPSA) is 185 Å². The molecule has 168 valence electrons. The summed E-state index contributed by atoms with van der Waals surface area (Å²) >= 11 is 0. The summed E-state index contributed by atoms with van der Waals surface area (Å²) in [6, 6.07) is 6.91. The van der Waals surface area contributed by atoms with Crippen molar-refractivity contribution in [2.45, 2.75) is 25.1 Å². The number of hydrogen-bond acceptors (Lipinski definition) is 6. The highest BCUT2D eigenvalue weighted by Crippen LogP contribution is 2.17. The third-order valence-electron chi connectivity index (χ3n) is 4.18. The summed E-state index contributed by atoms with van der Waals surface area (Å²) in [4.78, 5) is 29.7. The van der Waals surface area contributed by atoms with Gasteiger partial charge in [0.05, 0.1) is 5.75 Å². The van der Waals surface area contributed by atoms with Gasteiger partial charge in [0.1, 0.15) is 24.2 Å². The number of halogens is 1. The Hall–Kier alpha value is -3.61. The molecular formula is C18H23FN6O5S. The first-order valence-electron chi connectivity index (χ1n) is 8.98. The van der Waals surface area contributed by atoms with Gasteiger partial charge in [0.15, 0.2) is 0 Å². The van der Waals surface area contributed by atoms with Crippen LogP contribution < -0.4 is 27.5 Å². The molecule has 1 unspecified atom stereocenters. The van der Waals surface area contributed by atoms with Gasteiger partial charge in [-0.3, -0.25) is 18.9 Å². The fourth-order valence-electron chi connectivity index (χ4n) is 2.82. The van der Waals surface area contributed by atoms with Gasteiger partial charge in [-0.25, -0.2) is 12.8 Å². The van der Waals surface area contributed by atoms with Gasteiger partial charge in [0, 0.05) is 17.7 Å². The maximum Gasteiger partial charge on any atom is 0.275 e. The van der Waals surface area contributed by atoms with Gasteiger partial charge in [-0.15, -0.1) is 0 Å². The van der Waals surface area contributed by atoms with E-state index in [1.807, 2.05) is 0 Å². The van der Waals surface area contributed by atoms with Crippen LogP contribution >= 0.6 is 0 Å². The minimum Gasteiger partial charge on any atom is -0.393 e. The monoisotopic (exact) mass is 454 g/mol. The molecule has 13 heteroatoms. The van der Waals surface area contributed by atoms with Crippen molar-refractivity contribution in [3.63, 3.8) is 0 Å². The number of carbonyl (C=O) groups excluding carboxylic acids is 1. The van der Waals surface area contributed by atoms with Crippen LogP contribution in [-0.2, 0) is 25.4 Å². The van der Waals surface area contributed by atoms with Crippen LogP contribution in [0.25, 0.3) is 0 Å². The molecule has 0 radical (unpaired) electrons. The molecular weight excluding hydrogens is 431 g/mol. The number of anilines is 1. The van der Waals surface area contributed by atoms with E-state index in [9.17, 15) is 22.4 Å². The summed E-state index contributed by atoms with van der Waals surface area (Å²) in [7, 11) is -4.13. The molecule has 0 saturated carbocycles. The van der Waals surface area contributed by atoms with Gasteiger partial charge in [-0.2, -0.15) is 0 Å². The van der Waals surface area contributed by atoms with E-state index in [1.54, 1.807) is 6.92 Å². The number of aryl methyl sites for hydroxylation is 1. The fourth-order valence-corrected chi connectivity index (χ4v) is 4.02. The molecule has 1 atom stereocenters. The van der Waals surface area contributed by atoms with Crippen molar-refractivity contribution in [3.8, 4) is 0 Å². The van der Waals surface area contributed by atoms with Crippen LogP contribution in [0.2, 0.25) is 0 Å². The molecule has 0 aliphatic carbocycles. The van der Waals surface area contributed by atoms with Crippen molar-refractivity contribution in [1.82, 2.24) is 4.57 Å². The Bertz CT molecular complexity index is 1140. The third kappa shape index (κ3) is 6.44. The number of benzene rings is 1. The van der Waals surface area contributed by atoms with Crippen molar-refractivity contribution < 1.29 is 22.4 Å². The molecule has 0 aliphatic rings. The van der Waals surface area contributed by atoms with Crippen LogP contribution in [0.1, 0.15) is 23.7 Å². The molecule has 31 heavy (non-hydrogen) atoms. The lowest BCUT2D eigenvalue weighted by molar-refractivity contribution is -0.121. The Morgan fingerprint density at radius 1 is 1.23 bits per heavy atom. The van der Waals surface area contributed by atoms with E-state index in [-0.39, 0.29) is 30.2 Å². The minimum atomic E-state index is -4.13. The molecule has 1 aromatic carbocycles. The summed E-state index contributed by atoms with van der Waals surface area (Å²) in [5.41, 5.74) is 14.9. The van der Waals surface area contributed by atoms with Crippen LogP contribution in [0.3, 0.4) is 0 Å². The molecule has 0 bridgehead atoms. The highest BCUT2D eigenvalue weighted by Gasteiger charge is 2.24. The molecule has 0 spiro atoms. The molecule has 1 aromatic heterocycles. The van der Waals surface area contributed by atoms with Crippen LogP contribution in [0.15, 0.2) is 46.3 Å². The van der Waals surface area contributed by atoms with Crippen molar-refractivity contribution >= 4 is 27.6 Å². The van der Waals surface area contributed by atoms with Gasteiger partial charge in [0.25, 0.3) is 5.56 Å². The normalized spacial score (nSPS) is 12.1. The second-order valence-electron chi connectivity index (χ2n) is 6.57. The first kappa shape index (κ1) is 23.7. The van der Waals surface area contributed by atoms with Crippen molar-refractivity contribution in [2.24, 2.45) is 22.4 Å². The van der Waals surface area contributed by atoms with E-state index in [1.165, 1.54) is 30.3 Å². The quantitative estimate of drug-likeness (QED) is 0.166. The Kier molecular flexibility index (Phi) is 7.58. The molecule has 1 heterocycles. The van der Waals surface area contributed by atoms with Crippen molar-refractivity contribution in [3.05, 3.63) is 63.8 Å². The number of oxime groups is 1. The van der Waals surface area contributed by atoms with E-state index >= 15 is 0 Å². The highest BCUT2D eigenvalue weighted by atomic mass is 32.2. The van der Waals surface area contributed by atoms with Crippen LogP contribution in [0.4, 0.5) is 10.1 Å². The molecule has 1 amide bonds. The lowest BCUT2D eigenvalue weighted by Crippen LogP contribution is -2.37. The number of rotatable bonds is 10. The third-order valence-corrected chi connectivity index (χ3v) is 5.40. The zero-order chi connectivity index (χ0) is 23.2. The predicted octanol–water partition coefficient (Wildman–Crippen LogP) is -0.141. The van der Waals surface area contributed by atoms with Crippen LogP contribution in [0.5, 0.6) is 0 Å². The van der Waals surface area contributed by atoms with E-state index in [2.05, 4.69) is 9.88 Å². The predicted molar refractivity (Wildman–Crippen MR) is 113 cm³/mol. The Morgan fingerprint density at radius 3 is 2.52 bits per heavy atom. The number of aromatic nitrogens is 1. The molecule has 0 saturated heterocycles. The summed E-state index contributed by atoms with van der Waals surface area (Å²) in [5, 5.41) is 3.32. The lowest BCUT2D eigenvalue weighted by Gasteiger charge is -2.20. The smallest absolute Gasteiger partial charge is 0.275 e. The Morgan fingerprint density at radius 2 is 1.90 bits per heavy atom. The Labute approximate surface area is 177 Å². The average Bonchev–Trinajstić information content (AvgIpc) is 2.67. The van der Waals surface area contributed by atoms with E-state index < -0.39 is 39.1 Å². The number of nitrogens with one attached hydrogen (secondary N) is 1. The largest absolute Gasteiger partial charge is 0.393 e. The van der Waals surface area contributed by atoms with Gasteiger partial charge in [-0.05, 0) is 30.3 Å².